The van der Waals surface area contributed by atoms with E-state index in [1.807, 2.05) is 0 Å². The Hall–Kier alpha value is -1.92. The zero-order valence-electron chi connectivity index (χ0n) is 16.1. The summed E-state index contributed by atoms with van der Waals surface area (Å²) in [4.78, 5) is 4.92. The quantitative estimate of drug-likeness (QED) is 0.731. The second kappa shape index (κ2) is 7.24. The van der Waals surface area contributed by atoms with E-state index in [4.69, 9.17) is 0 Å². The molecule has 1 saturated heterocycles. The summed E-state index contributed by atoms with van der Waals surface area (Å²) in [5, 5.41) is 11.2. The van der Waals surface area contributed by atoms with Gasteiger partial charge in [-0.25, -0.2) is 0 Å². The minimum Gasteiger partial charge on any atom is -0.336 e. The van der Waals surface area contributed by atoms with E-state index < -0.39 is 5.66 Å². The Morgan fingerprint density at radius 3 is 1.41 bits per heavy atom. The van der Waals surface area contributed by atoms with Crippen molar-refractivity contribution >= 4 is 45.0 Å². The average Bonchev–Trinajstić information content (AvgIpc) is 3.25. The van der Waals surface area contributed by atoms with Crippen LogP contribution in [0, 0.1) is 13.8 Å². The van der Waals surface area contributed by atoms with Gasteiger partial charge in [-0.1, -0.05) is 35.4 Å². The number of benzene rings is 2. The van der Waals surface area contributed by atoms with E-state index in [1.165, 1.54) is 22.5 Å². The molecule has 4 rings (SSSR count). The third-order valence-corrected chi connectivity index (χ3v) is 6.74. The molecular formula is C21H24N4S2. The summed E-state index contributed by atoms with van der Waals surface area (Å²) in [5.74, 6) is 0. The molecule has 2 aromatic rings. The summed E-state index contributed by atoms with van der Waals surface area (Å²) in [6.45, 7) is 6.11. The Bertz CT molecular complexity index is 812. The molecule has 0 atom stereocenters. The van der Waals surface area contributed by atoms with Crippen molar-refractivity contribution in [3.05, 3.63) is 59.7 Å². The minimum atomic E-state index is -0.455. The molecule has 0 radical (unpaired) electrons. The maximum Gasteiger partial charge on any atom is 0.217 e. The smallest absolute Gasteiger partial charge is 0.217 e. The Balaban J connectivity index is 1.88. The maximum atomic E-state index is 4.59. The molecule has 140 valence electrons. The van der Waals surface area contributed by atoms with Gasteiger partial charge < -0.3 is 9.80 Å². The molecule has 27 heavy (non-hydrogen) atoms. The van der Waals surface area contributed by atoms with Crippen LogP contribution in [0.3, 0.4) is 0 Å². The summed E-state index contributed by atoms with van der Waals surface area (Å²) in [5.41, 5.74) is 4.50. The number of nitrogens with zero attached hydrogens (tertiary/aromatic N) is 4. The molecule has 2 heterocycles. The fraction of sp³-hybridized carbons (Fsp3) is 0.333. The van der Waals surface area contributed by atoms with E-state index in [-0.39, 0.29) is 0 Å². The first-order valence-electron chi connectivity index (χ1n) is 9.04. The van der Waals surface area contributed by atoms with E-state index in [9.17, 15) is 0 Å². The van der Waals surface area contributed by atoms with Crippen LogP contribution in [0.1, 0.15) is 11.1 Å². The van der Waals surface area contributed by atoms with Gasteiger partial charge in [0.2, 0.25) is 5.66 Å². The molecule has 0 N–H and O–H groups in total. The number of hydrogen-bond donors (Lipinski definition) is 0. The lowest BCUT2D eigenvalue weighted by atomic mass is 10.1. The summed E-state index contributed by atoms with van der Waals surface area (Å²) >= 11 is 3.38. The molecule has 0 unspecified atom stereocenters. The van der Waals surface area contributed by atoms with Gasteiger partial charge in [0, 0.05) is 24.5 Å². The molecule has 1 spiro atoms. The van der Waals surface area contributed by atoms with E-state index in [2.05, 4.69) is 94.9 Å². The van der Waals surface area contributed by atoms with Crippen LogP contribution in [-0.4, -0.2) is 41.4 Å². The molecule has 4 nitrogen and oxygen atoms in total. The molecule has 0 saturated carbocycles. The monoisotopic (exact) mass is 396 g/mol. The Morgan fingerprint density at radius 1 is 0.704 bits per heavy atom. The lowest BCUT2D eigenvalue weighted by Gasteiger charge is -2.43. The molecule has 0 bridgehead atoms. The highest BCUT2D eigenvalue weighted by Gasteiger charge is 2.57. The van der Waals surface area contributed by atoms with Gasteiger partial charge in [-0.2, -0.15) is 0 Å². The van der Waals surface area contributed by atoms with Crippen LogP contribution in [0.4, 0.5) is 11.4 Å². The van der Waals surface area contributed by atoms with Crippen molar-refractivity contribution in [1.82, 2.24) is 0 Å². The Labute approximate surface area is 169 Å². The van der Waals surface area contributed by atoms with Crippen LogP contribution in [-0.2, 0) is 0 Å². The highest BCUT2D eigenvalue weighted by Crippen LogP contribution is 2.44. The van der Waals surface area contributed by atoms with Gasteiger partial charge in [-0.3, -0.25) is 0 Å². The predicted octanol–water partition coefficient (Wildman–Crippen LogP) is 4.78. The third kappa shape index (κ3) is 2.86. The highest BCUT2D eigenvalue weighted by molar-refractivity contribution is 8.16. The first kappa shape index (κ1) is 18.4. The van der Waals surface area contributed by atoms with Gasteiger partial charge in [0.15, 0.2) is 0 Å². The predicted molar refractivity (Wildman–Crippen MR) is 122 cm³/mol. The van der Waals surface area contributed by atoms with Crippen molar-refractivity contribution in [2.24, 2.45) is 10.2 Å². The van der Waals surface area contributed by atoms with Gasteiger partial charge in [0.1, 0.15) is 10.1 Å². The fourth-order valence-corrected chi connectivity index (χ4v) is 5.41. The minimum absolute atomic E-state index is 0.455. The van der Waals surface area contributed by atoms with E-state index >= 15 is 0 Å². The first-order valence-corrected chi connectivity index (χ1v) is 11.5. The number of aryl methyl sites for hydroxylation is 2. The molecule has 2 aliphatic rings. The number of hydrogen-bond acceptors (Lipinski definition) is 6. The molecular weight excluding hydrogens is 372 g/mol. The Kier molecular flexibility index (Phi) is 4.95. The maximum absolute atomic E-state index is 4.59. The molecule has 0 aliphatic carbocycles. The summed E-state index contributed by atoms with van der Waals surface area (Å²) < 4.78 is 0. The summed E-state index contributed by atoms with van der Waals surface area (Å²) in [6, 6.07) is 17.6. The van der Waals surface area contributed by atoms with E-state index in [0.29, 0.717) is 0 Å². The topological polar surface area (TPSA) is 31.2 Å². The van der Waals surface area contributed by atoms with Gasteiger partial charge in [-0.15, -0.1) is 33.7 Å². The number of anilines is 2. The van der Waals surface area contributed by atoms with Gasteiger partial charge in [0.05, 0.1) is 0 Å². The molecule has 2 aromatic carbocycles. The largest absolute Gasteiger partial charge is 0.336 e. The molecule has 2 aliphatic heterocycles. The average molecular weight is 397 g/mol. The molecule has 1 fully saturated rings. The third-order valence-electron chi connectivity index (χ3n) is 5.23. The number of thioether (sulfide) groups is 2. The van der Waals surface area contributed by atoms with Crippen LogP contribution in [0.15, 0.2) is 58.7 Å². The second-order valence-corrected chi connectivity index (χ2v) is 8.46. The van der Waals surface area contributed by atoms with Crippen molar-refractivity contribution in [2.45, 2.75) is 19.5 Å². The SMILES string of the molecule is CSC1=NN=C(SC)C12N(c1ccc(C)cc1)CCN2c1ccc(C)cc1. The van der Waals surface area contributed by atoms with E-state index in [0.717, 1.165) is 23.2 Å². The zero-order valence-corrected chi connectivity index (χ0v) is 17.8. The number of rotatable bonds is 2. The summed E-state index contributed by atoms with van der Waals surface area (Å²) in [6.07, 6.45) is 4.19. The van der Waals surface area contributed by atoms with Crippen molar-refractivity contribution in [3.8, 4) is 0 Å². The lowest BCUT2D eigenvalue weighted by molar-refractivity contribution is 0.755. The summed E-state index contributed by atoms with van der Waals surface area (Å²) in [7, 11) is 0. The van der Waals surface area contributed by atoms with Crippen molar-refractivity contribution in [2.75, 3.05) is 35.4 Å². The van der Waals surface area contributed by atoms with Crippen molar-refractivity contribution in [1.29, 1.82) is 0 Å². The normalized spacial score (nSPS) is 18.2. The van der Waals surface area contributed by atoms with Crippen LogP contribution in [0.5, 0.6) is 0 Å². The van der Waals surface area contributed by atoms with Crippen LogP contribution in [0.25, 0.3) is 0 Å². The van der Waals surface area contributed by atoms with Crippen LogP contribution >= 0.6 is 23.5 Å². The van der Waals surface area contributed by atoms with Crippen LogP contribution < -0.4 is 9.80 Å². The van der Waals surface area contributed by atoms with Gasteiger partial charge >= 0.3 is 0 Å². The zero-order chi connectivity index (χ0) is 19.0. The lowest BCUT2D eigenvalue weighted by Crippen LogP contribution is -2.62. The Morgan fingerprint density at radius 2 is 1.07 bits per heavy atom. The second-order valence-electron chi connectivity index (χ2n) is 6.87. The van der Waals surface area contributed by atoms with E-state index in [1.54, 1.807) is 23.5 Å². The fourth-order valence-electron chi connectivity index (χ4n) is 3.90. The molecule has 0 aromatic heterocycles. The van der Waals surface area contributed by atoms with Gasteiger partial charge in [-0.05, 0) is 50.6 Å². The van der Waals surface area contributed by atoms with Crippen molar-refractivity contribution in [3.63, 3.8) is 0 Å². The first-order chi connectivity index (χ1) is 13.1. The van der Waals surface area contributed by atoms with Crippen LogP contribution in [0.2, 0.25) is 0 Å². The van der Waals surface area contributed by atoms with Gasteiger partial charge in [0.25, 0.3) is 0 Å². The standard InChI is InChI=1S/C21H24N4S2/c1-15-5-9-17(10-6-15)24-13-14-25(18-11-7-16(2)8-12-18)21(24)19(26-3)22-23-20(21)27-4/h5-12H,13-14H2,1-4H3. The molecule has 6 heteroatoms. The highest BCUT2D eigenvalue weighted by atomic mass is 32.2. The van der Waals surface area contributed by atoms with Crippen molar-refractivity contribution < 1.29 is 0 Å². The molecule has 0 amide bonds.